The molecule has 0 saturated heterocycles. The minimum atomic E-state index is 0.324. The number of Topliss-reactive ketones (excluding diaryl/α,β-unsaturated/α-hetero) is 1. The van der Waals surface area contributed by atoms with Gasteiger partial charge in [-0.05, 0) is 57.5 Å². The summed E-state index contributed by atoms with van der Waals surface area (Å²) in [5.74, 6) is 1.37. The SMILES string of the molecule is CCCCCCC(CCCC)CCCC(=O)CCCCCCCCNCCCCCO. The Balaban J connectivity index is 3.50. The number of aliphatic hydroxyl groups is 1. The van der Waals surface area contributed by atoms with E-state index in [1.807, 2.05) is 0 Å². The molecule has 1 atom stereocenters. The zero-order valence-electron chi connectivity index (χ0n) is 21.4. The number of aliphatic hydroxyl groups excluding tert-OH is 1. The maximum Gasteiger partial charge on any atom is 0.132 e. The van der Waals surface area contributed by atoms with Crippen molar-refractivity contribution >= 4 is 5.78 Å². The summed E-state index contributed by atoms with van der Waals surface area (Å²) in [5, 5.41) is 12.2. The van der Waals surface area contributed by atoms with Gasteiger partial charge in [0.25, 0.3) is 0 Å². The summed E-state index contributed by atoms with van der Waals surface area (Å²) in [6, 6.07) is 0. The quantitative estimate of drug-likeness (QED) is 0.134. The van der Waals surface area contributed by atoms with E-state index >= 15 is 0 Å². The number of carbonyl (C=O) groups excluding carboxylic acids is 1. The van der Waals surface area contributed by atoms with Gasteiger partial charge >= 0.3 is 0 Å². The highest BCUT2D eigenvalue weighted by molar-refractivity contribution is 5.78. The van der Waals surface area contributed by atoms with Gasteiger partial charge in [0.1, 0.15) is 5.78 Å². The molecule has 0 spiro atoms. The molecule has 0 saturated carbocycles. The van der Waals surface area contributed by atoms with Crippen molar-refractivity contribution in [1.82, 2.24) is 5.32 Å². The van der Waals surface area contributed by atoms with Crippen LogP contribution in [0.3, 0.4) is 0 Å². The van der Waals surface area contributed by atoms with E-state index in [9.17, 15) is 4.79 Å². The summed E-state index contributed by atoms with van der Waals surface area (Å²) < 4.78 is 0. The maximum absolute atomic E-state index is 12.2. The molecule has 0 aliphatic rings. The molecule has 0 rings (SSSR count). The summed E-state index contributed by atoms with van der Waals surface area (Å²) in [5.41, 5.74) is 0. The molecular formula is C28H57NO2. The molecule has 0 aromatic carbocycles. The lowest BCUT2D eigenvalue weighted by atomic mass is 9.90. The lowest BCUT2D eigenvalue weighted by Crippen LogP contribution is -2.16. The summed E-state index contributed by atoms with van der Waals surface area (Å²) in [7, 11) is 0. The van der Waals surface area contributed by atoms with Crippen molar-refractivity contribution in [2.75, 3.05) is 19.7 Å². The van der Waals surface area contributed by atoms with E-state index in [1.165, 1.54) is 96.3 Å². The van der Waals surface area contributed by atoms with Gasteiger partial charge in [0.15, 0.2) is 0 Å². The van der Waals surface area contributed by atoms with E-state index in [2.05, 4.69) is 19.2 Å². The molecule has 2 N–H and O–H groups in total. The Bertz CT molecular complexity index is 359. The number of carbonyl (C=O) groups is 1. The van der Waals surface area contributed by atoms with Crippen LogP contribution in [0.5, 0.6) is 0 Å². The molecule has 0 aliphatic carbocycles. The fraction of sp³-hybridized carbons (Fsp3) is 0.964. The normalized spacial score (nSPS) is 12.4. The van der Waals surface area contributed by atoms with Crippen LogP contribution in [-0.2, 0) is 4.79 Å². The number of nitrogens with one attached hydrogen (secondary N) is 1. The van der Waals surface area contributed by atoms with Gasteiger partial charge in [0.05, 0.1) is 0 Å². The third-order valence-electron chi connectivity index (χ3n) is 6.57. The first-order valence-electron chi connectivity index (χ1n) is 14.1. The van der Waals surface area contributed by atoms with Crippen LogP contribution in [0.25, 0.3) is 0 Å². The van der Waals surface area contributed by atoms with Gasteiger partial charge < -0.3 is 10.4 Å². The minimum absolute atomic E-state index is 0.324. The first kappa shape index (κ1) is 30.6. The van der Waals surface area contributed by atoms with Crippen molar-refractivity contribution in [3.05, 3.63) is 0 Å². The van der Waals surface area contributed by atoms with Crippen molar-refractivity contribution in [2.24, 2.45) is 5.92 Å². The van der Waals surface area contributed by atoms with Gasteiger partial charge in [-0.25, -0.2) is 0 Å². The fourth-order valence-electron chi connectivity index (χ4n) is 4.44. The van der Waals surface area contributed by atoms with Gasteiger partial charge in [-0.2, -0.15) is 0 Å². The van der Waals surface area contributed by atoms with Crippen molar-refractivity contribution in [1.29, 1.82) is 0 Å². The Hall–Kier alpha value is -0.410. The highest BCUT2D eigenvalue weighted by atomic mass is 16.2. The predicted molar refractivity (Wildman–Crippen MR) is 137 cm³/mol. The first-order valence-corrected chi connectivity index (χ1v) is 14.1. The number of unbranched alkanes of at least 4 members (excludes halogenated alkanes) is 11. The molecule has 3 heteroatoms. The molecule has 0 aromatic heterocycles. The smallest absolute Gasteiger partial charge is 0.132 e. The molecule has 0 amide bonds. The Morgan fingerprint density at radius 1 is 0.613 bits per heavy atom. The van der Waals surface area contributed by atoms with Crippen LogP contribution in [0.4, 0.5) is 0 Å². The monoisotopic (exact) mass is 439 g/mol. The van der Waals surface area contributed by atoms with Crippen LogP contribution >= 0.6 is 0 Å². The molecular weight excluding hydrogens is 382 g/mol. The second-order valence-corrected chi connectivity index (χ2v) is 9.69. The van der Waals surface area contributed by atoms with Crippen LogP contribution in [0, 0.1) is 5.92 Å². The van der Waals surface area contributed by atoms with Gasteiger partial charge in [-0.1, -0.05) is 97.3 Å². The van der Waals surface area contributed by atoms with Crippen molar-refractivity contribution < 1.29 is 9.90 Å². The number of rotatable bonds is 26. The van der Waals surface area contributed by atoms with Crippen LogP contribution in [0.1, 0.15) is 149 Å². The third-order valence-corrected chi connectivity index (χ3v) is 6.57. The van der Waals surface area contributed by atoms with Crippen molar-refractivity contribution in [2.45, 2.75) is 149 Å². The largest absolute Gasteiger partial charge is 0.396 e. The Morgan fingerprint density at radius 2 is 1.13 bits per heavy atom. The first-order chi connectivity index (χ1) is 15.2. The van der Waals surface area contributed by atoms with E-state index in [0.717, 1.165) is 57.5 Å². The van der Waals surface area contributed by atoms with Crippen LogP contribution in [0.15, 0.2) is 0 Å². The zero-order valence-corrected chi connectivity index (χ0v) is 21.4. The zero-order chi connectivity index (χ0) is 22.8. The molecule has 1 unspecified atom stereocenters. The van der Waals surface area contributed by atoms with Crippen LogP contribution < -0.4 is 5.32 Å². The van der Waals surface area contributed by atoms with Crippen LogP contribution in [0.2, 0.25) is 0 Å². The standard InChI is InChI=1S/C28H57NO2/c1-3-5-7-13-20-27(19-6-4-2)21-18-23-28(31)22-14-10-8-9-11-15-24-29-25-16-12-17-26-30/h27,29-30H,3-26H2,1-2H3. The molecule has 186 valence electrons. The highest BCUT2D eigenvalue weighted by Crippen LogP contribution is 2.23. The van der Waals surface area contributed by atoms with E-state index in [0.29, 0.717) is 12.4 Å². The third kappa shape index (κ3) is 24.1. The van der Waals surface area contributed by atoms with Crippen molar-refractivity contribution in [3.8, 4) is 0 Å². The molecule has 31 heavy (non-hydrogen) atoms. The van der Waals surface area contributed by atoms with Crippen LogP contribution in [-0.4, -0.2) is 30.6 Å². The lowest BCUT2D eigenvalue weighted by Gasteiger charge is -2.16. The number of ketones is 1. The van der Waals surface area contributed by atoms with Crippen molar-refractivity contribution in [3.63, 3.8) is 0 Å². The van der Waals surface area contributed by atoms with Gasteiger partial charge in [0, 0.05) is 19.4 Å². The fourth-order valence-corrected chi connectivity index (χ4v) is 4.44. The average Bonchev–Trinajstić information content (AvgIpc) is 2.77. The van der Waals surface area contributed by atoms with E-state index in [-0.39, 0.29) is 0 Å². The van der Waals surface area contributed by atoms with E-state index in [4.69, 9.17) is 5.11 Å². The summed E-state index contributed by atoms with van der Waals surface area (Å²) in [6.07, 6.45) is 25.6. The Labute approximate surface area is 195 Å². The Morgan fingerprint density at radius 3 is 1.81 bits per heavy atom. The summed E-state index contributed by atoms with van der Waals surface area (Å²) in [4.78, 5) is 12.2. The highest BCUT2D eigenvalue weighted by Gasteiger charge is 2.10. The van der Waals surface area contributed by atoms with E-state index < -0.39 is 0 Å². The molecule has 0 bridgehead atoms. The molecule has 0 aliphatic heterocycles. The molecule has 3 nitrogen and oxygen atoms in total. The summed E-state index contributed by atoms with van der Waals surface area (Å²) in [6.45, 7) is 7.10. The lowest BCUT2D eigenvalue weighted by molar-refractivity contribution is -0.119. The van der Waals surface area contributed by atoms with Gasteiger partial charge in [-0.3, -0.25) is 4.79 Å². The molecule has 0 aromatic rings. The summed E-state index contributed by atoms with van der Waals surface area (Å²) >= 11 is 0. The topological polar surface area (TPSA) is 49.3 Å². The molecule has 0 heterocycles. The second-order valence-electron chi connectivity index (χ2n) is 9.69. The molecule has 0 radical (unpaired) electrons. The van der Waals surface area contributed by atoms with Gasteiger partial charge in [0.2, 0.25) is 0 Å². The minimum Gasteiger partial charge on any atom is -0.396 e. The Kier molecular flexibility index (Phi) is 25.5. The average molecular weight is 440 g/mol. The second kappa shape index (κ2) is 25.8. The number of hydrogen-bond donors (Lipinski definition) is 2. The number of hydrogen-bond acceptors (Lipinski definition) is 3. The molecule has 0 fully saturated rings. The predicted octanol–water partition coefficient (Wildman–Crippen LogP) is 7.99. The van der Waals surface area contributed by atoms with E-state index in [1.54, 1.807) is 0 Å². The van der Waals surface area contributed by atoms with Gasteiger partial charge in [-0.15, -0.1) is 0 Å². The maximum atomic E-state index is 12.2.